The molecule has 0 saturated heterocycles. The van der Waals surface area contributed by atoms with E-state index >= 15 is 0 Å². The molecule has 0 aliphatic heterocycles. The molecule has 2 rings (SSSR count). The van der Waals surface area contributed by atoms with E-state index in [9.17, 15) is 0 Å². The summed E-state index contributed by atoms with van der Waals surface area (Å²) in [6, 6.07) is 16.6. The van der Waals surface area contributed by atoms with Crippen molar-refractivity contribution in [3.05, 3.63) is 65.2 Å². The fourth-order valence-electron chi connectivity index (χ4n) is 3.48. The van der Waals surface area contributed by atoms with E-state index in [1.54, 1.807) is 0 Å². The average Bonchev–Trinajstić information content (AvgIpc) is 2.74. The molecular formula is C27H39NO. The van der Waals surface area contributed by atoms with Gasteiger partial charge in [-0.1, -0.05) is 94.5 Å². The zero-order valence-electron chi connectivity index (χ0n) is 18.5. The van der Waals surface area contributed by atoms with Gasteiger partial charge in [0, 0.05) is 12.8 Å². The quantitative estimate of drug-likeness (QED) is 0.222. The monoisotopic (exact) mass is 393 g/mol. The van der Waals surface area contributed by atoms with Gasteiger partial charge in [0.1, 0.15) is 12.4 Å². The van der Waals surface area contributed by atoms with Gasteiger partial charge in [0.2, 0.25) is 0 Å². The van der Waals surface area contributed by atoms with E-state index < -0.39 is 0 Å². The molecule has 0 heterocycles. The highest BCUT2D eigenvalue weighted by Gasteiger charge is 1.97. The van der Waals surface area contributed by atoms with Crippen LogP contribution in [0, 0.1) is 6.92 Å². The minimum Gasteiger partial charge on any atom is -0.489 e. The van der Waals surface area contributed by atoms with Gasteiger partial charge in [0.05, 0.1) is 0 Å². The lowest BCUT2D eigenvalue weighted by Gasteiger charge is -2.07. The van der Waals surface area contributed by atoms with Gasteiger partial charge in [-0.25, -0.2) is 0 Å². The maximum Gasteiger partial charge on any atom is 0.119 e. The molecular weight excluding hydrogens is 354 g/mol. The van der Waals surface area contributed by atoms with Crippen molar-refractivity contribution < 1.29 is 4.74 Å². The van der Waals surface area contributed by atoms with Gasteiger partial charge < -0.3 is 4.74 Å². The van der Waals surface area contributed by atoms with E-state index in [0.717, 1.165) is 17.9 Å². The molecule has 0 aliphatic rings. The van der Waals surface area contributed by atoms with Crippen LogP contribution in [0.15, 0.2) is 53.5 Å². The standard InChI is InChI=1S/C27H39NO/c1-3-4-5-6-7-8-9-10-11-12-20-28-22-25-16-18-27(19-17-25)29-23-26-15-13-14-24(2)21-26/h13-19,21-22H,3-12,20,23H2,1-2H3. The Kier molecular flexibility index (Phi) is 11.9. The number of ether oxygens (including phenoxy) is 1. The predicted octanol–water partition coefficient (Wildman–Crippen LogP) is 7.91. The summed E-state index contributed by atoms with van der Waals surface area (Å²) in [5.74, 6) is 0.901. The Labute approximate surface area is 178 Å². The first kappa shape index (κ1) is 23.2. The van der Waals surface area contributed by atoms with Crippen molar-refractivity contribution >= 4 is 6.21 Å². The van der Waals surface area contributed by atoms with Gasteiger partial charge >= 0.3 is 0 Å². The normalized spacial score (nSPS) is 11.2. The Morgan fingerprint density at radius 3 is 2.10 bits per heavy atom. The molecule has 0 N–H and O–H groups in total. The number of benzene rings is 2. The maximum atomic E-state index is 5.87. The summed E-state index contributed by atoms with van der Waals surface area (Å²) in [7, 11) is 0. The first-order chi connectivity index (χ1) is 14.3. The van der Waals surface area contributed by atoms with Crippen LogP contribution in [-0.2, 0) is 6.61 Å². The van der Waals surface area contributed by atoms with Crippen molar-refractivity contribution in [2.75, 3.05) is 6.54 Å². The number of rotatable bonds is 15. The average molecular weight is 394 g/mol. The number of hydrogen-bond donors (Lipinski definition) is 0. The van der Waals surface area contributed by atoms with Gasteiger partial charge in [0.25, 0.3) is 0 Å². The molecule has 0 aromatic heterocycles. The van der Waals surface area contributed by atoms with Gasteiger partial charge in [-0.15, -0.1) is 0 Å². The second kappa shape index (κ2) is 14.8. The van der Waals surface area contributed by atoms with Crippen molar-refractivity contribution in [1.82, 2.24) is 0 Å². The van der Waals surface area contributed by atoms with Crippen molar-refractivity contribution in [2.24, 2.45) is 4.99 Å². The lowest BCUT2D eigenvalue weighted by molar-refractivity contribution is 0.306. The van der Waals surface area contributed by atoms with E-state index in [2.05, 4.69) is 55.2 Å². The molecule has 0 bridgehead atoms. The smallest absolute Gasteiger partial charge is 0.119 e. The molecule has 0 fully saturated rings. The van der Waals surface area contributed by atoms with Gasteiger partial charge in [-0.05, 0) is 48.7 Å². The Hall–Kier alpha value is -2.09. The highest BCUT2D eigenvalue weighted by molar-refractivity contribution is 5.79. The molecule has 158 valence electrons. The lowest BCUT2D eigenvalue weighted by Crippen LogP contribution is -1.95. The van der Waals surface area contributed by atoms with E-state index in [1.807, 2.05) is 18.3 Å². The van der Waals surface area contributed by atoms with Crippen LogP contribution >= 0.6 is 0 Å². The van der Waals surface area contributed by atoms with Crippen LogP contribution in [0.25, 0.3) is 0 Å². The molecule has 0 aliphatic carbocycles. The molecule has 29 heavy (non-hydrogen) atoms. The van der Waals surface area contributed by atoms with Crippen LogP contribution in [0.1, 0.15) is 87.8 Å². The lowest BCUT2D eigenvalue weighted by atomic mass is 10.1. The van der Waals surface area contributed by atoms with Gasteiger partial charge in [-0.3, -0.25) is 4.99 Å². The zero-order chi connectivity index (χ0) is 20.6. The molecule has 0 saturated carbocycles. The SMILES string of the molecule is CCCCCCCCCCCCN=Cc1ccc(OCc2cccc(C)c2)cc1. The minimum absolute atomic E-state index is 0.605. The first-order valence-corrected chi connectivity index (χ1v) is 11.6. The summed E-state index contributed by atoms with van der Waals surface area (Å²) in [5, 5.41) is 0. The Bertz CT molecular complexity index is 690. The summed E-state index contributed by atoms with van der Waals surface area (Å²) in [5.41, 5.74) is 3.60. The van der Waals surface area contributed by atoms with Gasteiger partial charge in [0.15, 0.2) is 0 Å². The van der Waals surface area contributed by atoms with Crippen molar-refractivity contribution in [3.63, 3.8) is 0 Å². The molecule has 2 aromatic rings. The molecule has 2 heteroatoms. The Morgan fingerprint density at radius 1 is 0.793 bits per heavy atom. The molecule has 0 spiro atoms. The van der Waals surface area contributed by atoms with Crippen LogP contribution in [0.5, 0.6) is 5.75 Å². The summed E-state index contributed by atoms with van der Waals surface area (Å²) < 4.78 is 5.87. The topological polar surface area (TPSA) is 21.6 Å². The van der Waals surface area contributed by atoms with Crippen molar-refractivity contribution in [2.45, 2.75) is 84.7 Å². The summed E-state index contributed by atoms with van der Waals surface area (Å²) in [6.07, 6.45) is 15.6. The second-order valence-corrected chi connectivity index (χ2v) is 8.06. The molecule has 0 unspecified atom stereocenters. The minimum atomic E-state index is 0.605. The number of hydrogen-bond acceptors (Lipinski definition) is 2. The van der Waals surface area contributed by atoms with Crippen molar-refractivity contribution in [1.29, 1.82) is 0 Å². The number of aliphatic imine (C=N–C) groups is 1. The summed E-state index contributed by atoms with van der Waals surface area (Å²) in [6.45, 7) is 5.92. The third-order valence-corrected chi connectivity index (χ3v) is 5.25. The molecule has 0 radical (unpaired) electrons. The second-order valence-electron chi connectivity index (χ2n) is 8.06. The molecule has 0 amide bonds. The van der Waals surface area contributed by atoms with Crippen LogP contribution in [0.3, 0.4) is 0 Å². The van der Waals surface area contributed by atoms with E-state index in [-0.39, 0.29) is 0 Å². The van der Waals surface area contributed by atoms with E-state index in [4.69, 9.17) is 4.74 Å². The molecule has 2 nitrogen and oxygen atoms in total. The van der Waals surface area contributed by atoms with E-state index in [0.29, 0.717) is 6.61 Å². The number of unbranched alkanes of at least 4 members (excludes halogenated alkanes) is 9. The fourth-order valence-corrected chi connectivity index (χ4v) is 3.48. The first-order valence-electron chi connectivity index (χ1n) is 11.6. The third kappa shape index (κ3) is 10.9. The molecule has 2 aromatic carbocycles. The number of aryl methyl sites for hydroxylation is 1. The highest BCUT2D eigenvalue weighted by Crippen LogP contribution is 2.14. The van der Waals surface area contributed by atoms with Gasteiger partial charge in [-0.2, -0.15) is 0 Å². The molecule has 0 atom stereocenters. The Balaban J connectivity index is 1.53. The number of nitrogens with zero attached hydrogens (tertiary/aromatic N) is 1. The van der Waals surface area contributed by atoms with Crippen LogP contribution in [0.4, 0.5) is 0 Å². The summed E-state index contributed by atoms with van der Waals surface area (Å²) in [4.78, 5) is 4.58. The maximum absolute atomic E-state index is 5.87. The van der Waals surface area contributed by atoms with Crippen LogP contribution < -0.4 is 4.74 Å². The Morgan fingerprint density at radius 2 is 1.45 bits per heavy atom. The summed E-state index contributed by atoms with van der Waals surface area (Å²) >= 11 is 0. The van der Waals surface area contributed by atoms with E-state index in [1.165, 1.54) is 75.3 Å². The fraction of sp³-hybridized carbons (Fsp3) is 0.519. The largest absolute Gasteiger partial charge is 0.489 e. The van der Waals surface area contributed by atoms with Crippen LogP contribution in [-0.4, -0.2) is 12.8 Å². The third-order valence-electron chi connectivity index (χ3n) is 5.25. The predicted molar refractivity (Wildman–Crippen MR) is 126 cm³/mol. The van der Waals surface area contributed by atoms with Crippen molar-refractivity contribution in [3.8, 4) is 5.75 Å². The zero-order valence-corrected chi connectivity index (χ0v) is 18.5. The highest BCUT2D eigenvalue weighted by atomic mass is 16.5. The van der Waals surface area contributed by atoms with Crippen LogP contribution in [0.2, 0.25) is 0 Å².